The standard InChI is InChI=1S/C48H70O6/c1-15-35(51-41-26-24-33(45(7,8)17-3)28-39(41)47(11,12)19-5)31-43(49)53-37-22-21-23-38(30-37)54-44(50)32-36(16-2)52-42-27-25-34(46(9,10)18-4)29-40(42)48(13,14)20-6/h21-30,35-36H,15-20,31-32H2,1-14H3. The minimum Gasteiger partial charge on any atom is -0.490 e. The van der Waals surface area contributed by atoms with Gasteiger partial charge in [0.15, 0.2) is 0 Å². The van der Waals surface area contributed by atoms with E-state index in [0.29, 0.717) is 24.3 Å². The van der Waals surface area contributed by atoms with Crippen LogP contribution in [0, 0.1) is 0 Å². The summed E-state index contributed by atoms with van der Waals surface area (Å²) in [6, 6.07) is 19.6. The zero-order valence-electron chi connectivity index (χ0n) is 36.0. The molecule has 0 radical (unpaired) electrons. The molecule has 0 fully saturated rings. The van der Waals surface area contributed by atoms with E-state index in [2.05, 4.69) is 119 Å². The number of carbonyl (C=O) groups excluding carboxylic acids is 2. The van der Waals surface area contributed by atoms with Crippen molar-refractivity contribution >= 4 is 11.9 Å². The molecule has 0 N–H and O–H groups in total. The summed E-state index contributed by atoms with van der Waals surface area (Å²) >= 11 is 0. The third-order valence-corrected chi connectivity index (χ3v) is 12.1. The third-order valence-electron chi connectivity index (χ3n) is 12.1. The molecule has 0 spiro atoms. The third kappa shape index (κ3) is 11.6. The van der Waals surface area contributed by atoms with Gasteiger partial charge in [0, 0.05) is 17.2 Å². The Labute approximate surface area is 327 Å². The number of hydrogen-bond acceptors (Lipinski definition) is 6. The van der Waals surface area contributed by atoms with E-state index in [1.165, 1.54) is 11.1 Å². The summed E-state index contributed by atoms with van der Waals surface area (Å²) in [5.41, 5.74) is 4.78. The summed E-state index contributed by atoms with van der Waals surface area (Å²) in [6.45, 7) is 30.8. The van der Waals surface area contributed by atoms with E-state index in [1.807, 2.05) is 13.8 Å². The molecular weight excluding hydrogens is 673 g/mol. The second-order valence-electron chi connectivity index (χ2n) is 17.5. The molecule has 0 aliphatic carbocycles. The summed E-state index contributed by atoms with van der Waals surface area (Å²) in [7, 11) is 0. The van der Waals surface area contributed by atoms with E-state index in [9.17, 15) is 9.59 Å². The Morgan fingerprint density at radius 2 is 0.852 bits per heavy atom. The van der Waals surface area contributed by atoms with Crippen LogP contribution in [0.2, 0.25) is 0 Å². The monoisotopic (exact) mass is 743 g/mol. The Hall–Kier alpha value is -3.80. The molecule has 3 aromatic rings. The van der Waals surface area contributed by atoms with Crippen LogP contribution < -0.4 is 18.9 Å². The highest BCUT2D eigenvalue weighted by atomic mass is 16.6. The highest BCUT2D eigenvalue weighted by molar-refractivity contribution is 5.74. The summed E-state index contributed by atoms with van der Waals surface area (Å²) in [5.74, 6) is 1.41. The van der Waals surface area contributed by atoms with Crippen LogP contribution in [0.15, 0.2) is 60.7 Å². The van der Waals surface area contributed by atoms with Gasteiger partial charge >= 0.3 is 11.9 Å². The summed E-state index contributed by atoms with van der Waals surface area (Å²) in [5, 5.41) is 0. The van der Waals surface area contributed by atoms with Gasteiger partial charge in [-0.3, -0.25) is 9.59 Å². The summed E-state index contributed by atoms with van der Waals surface area (Å²) in [4.78, 5) is 26.4. The first kappa shape index (κ1) is 44.6. The fraction of sp³-hybridized carbons (Fsp3) is 0.583. The van der Waals surface area contributed by atoms with Crippen molar-refractivity contribution in [2.24, 2.45) is 0 Å². The van der Waals surface area contributed by atoms with E-state index in [4.69, 9.17) is 18.9 Å². The molecule has 0 bridgehead atoms. The van der Waals surface area contributed by atoms with E-state index in [0.717, 1.165) is 48.3 Å². The van der Waals surface area contributed by atoms with Crippen molar-refractivity contribution in [3.05, 3.63) is 82.9 Å². The first-order valence-corrected chi connectivity index (χ1v) is 20.4. The SMILES string of the molecule is CCC(CC(=O)Oc1cccc(OC(=O)CC(CC)Oc2ccc(C(C)(C)CC)cc2C(C)(C)CC)c1)Oc1ccc(C(C)(C)CC)cc1C(C)(C)CC. The van der Waals surface area contributed by atoms with Crippen molar-refractivity contribution < 1.29 is 28.5 Å². The maximum absolute atomic E-state index is 13.2. The topological polar surface area (TPSA) is 71.1 Å². The summed E-state index contributed by atoms with van der Waals surface area (Å²) < 4.78 is 24.6. The van der Waals surface area contributed by atoms with Gasteiger partial charge in [0.05, 0.1) is 12.8 Å². The van der Waals surface area contributed by atoms with Crippen molar-refractivity contribution in [1.29, 1.82) is 0 Å². The zero-order chi connectivity index (χ0) is 40.5. The molecule has 3 rings (SSSR count). The Morgan fingerprint density at radius 1 is 0.500 bits per heavy atom. The molecule has 0 heterocycles. The van der Waals surface area contributed by atoms with Gasteiger partial charge in [-0.15, -0.1) is 0 Å². The molecule has 0 amide bonds. The Kier molecular flexibility index (Phi) is 15.4. The van der Waals surface area contributed by atoms with E-state index < -0.39 is 11.9 Å². The van der Waals surface area contributed by atoms with E-state index >= 15 is 0 Å². The molecule has 2 atom stereocenters. The predicted octanol–water partition coefficient (Wildman–Crippen LogP) is 12.7. The largest absolute Gasteiger partial charge is 0.490 e. The molecule has 298 valence electrons. The number of ether oxygens (including phenoxy) is 4. The zero-order valence-corrected chi connectivity index (χ0v) is 36.0. The Bertz CT molecular complexity index is 1580. The quantitative estimate of drug-likeness (QED) is 0.0848. The van der Waals surface area contributed by atoms with Gasteiger partial charge in [0.1, 0.15) is 35.2 Å². The fourth-order valence-corrected chi connectivity index (χ4v) is 6.17. The molecule has 0 saturated carbocycles. The first-order chi connectivity index (χ1) is 25.2. The predicted molar refractivity (Wildman–Crippen MR) is 223 cm³/mol. The van der Waals surface area contributed by atoms with Crippen molar-refractivity contribution in [2.45, 2.75) is 182 Å². The van der Waals surface area contributed by atoms with Crippen molar-refractivity contribution in [3.63, 3.8) is 0 Å². The van der Waals surface area contributed by atoms with Crippen LogP contribution >= 0.6 is 0 Å². The second-order valence-corrected chi connectivity index (χ2v) is 17.5. The van der Waals surface area contributed by atoms with E-state index in [1.54, 1.807) is 24.3 Å². The molecule has 2 unspecified atom stereocenters. The van der Waals surface area contributed by atoms with Gasteiger partial charge in [-0.1, -0.05) is 127 Å². The van der Waals surface area contributed by atoms with Crippen LogP contribution in [0.4, 0.5) is 0 Å². The number of benzene rings is 3. The number of hydrogen-bond donors (Lipinski definition) is 0. The molecule has 6 heteroatoms. The van der Waals surface area contributed by atoms with Gasteiger partial charge < -0.3 is 18.9 Å². The molecule has 0 aromatic heterocycles. The van der Waals surface area contributed by atoms with Gasteiger partial charge in [-0.2, -0.15) is 0 Å². The van der Waals surface area contributed by atoms with Gasteiger partial charge in [-0.25, -0.2) is 0 Å². The average molecular weight is 743 g/mol. The minimum atomic E-state index is -0.413. The lowest BCUT2D eigenvalue weighted by Gasteiger charge is -2.31. The maximum atomic E-state index is 13.2. The van der Waals surface area contributed by atoms with Gasteiger partial charge in [0.2, 0.25) is 0 Å². The molecule has 0 aliphatic rings. The number of esters is 2. The van der Waals surface area contributed by atoms with Crippen molar-refractivity contribution in [1.82, 2.24) is 0 Å². The number of rotatable bonds is 20. The van der Waals surface area contributed by atoms with Crippen molar-refractivity contribution in [2.75, 3.05) is 0 Å². The summed E-state index contributed by atoms with van der Waals surface area (Å²) in [6.07, 6.45) is 4.68. The van der Waals surface area contributed by atoms with Crippen LogP contribution in [0.5, 0.6) is 23.0 Å². The fourth-order valence-electron chi connectivity index (χ4n) is 6.17. The lowest BCUT2D eigenvalue weighted by Crippen LogP contribution is -2.26. The molecular formula is C48H70O6. The van der Waals surface area contributed by atoms with Crippen LogP contribution in [0.25, 0.3) is 0 Å². The van der Waals surface area contributed by atoms with E-state index in [-0.39, 0.29) is 46.7 Å². The Morgan fingerprint density at radius 3 is 1.17 bits per heavy atom. The van der Waals surface area contributed by atoms with Gasteiger partial charge in [-0.05, 0) is 95.6 Å². The van der Waals surface area contributed by atoms with Crippen LogP contribution in [-0.4, -0.2) is 24.1 Å². The molecule has 54 heavy (non-hydrogen) atoms. The smallest absolute Gasteiger partial charge is 0.314 e. The van der Waals surface area contributed by atoms with Gasteiger partial charge in [0.25, 0.3) is 0 Å². The second kappa shape index (κ2) is 18.7. The molecule has 0 aliphatic heterocycles. The van der Waals surface area contributed by atoms with Crippen LogP contribution in [0.1, 0.15) is 171 Å². The lowest BCUT2D eigenvalue weighted by atomic mass is 9.76. The average Bonchev–Trinajstić information content (AvgIpc) is 3.14. The highest BCUT2D eigenvalue weighted by Gasteiger charge is 2.30. The number of carbonyl (C=O) groups is 2. The highest BCUT2D eigenvalue weighted by Crippen LogP contribution is 2.41. The molecule has 0 saturated heterocycles. The normalized spacial score (nSPS) is 13.6. The minimum absolute atomic E-state index is 0.0494. The van der Waals surface area contributed by atoms with Crippen LogP contribution in [0.3, 0.4) is 0 Å². The Balaban J connectivity index is 1.69. The van der Waals surface area contributed by atoms with Crippen molar-refractivity contribution in [3.8, 4) is 23.0 Å². The lowest BCUT2D eigenvalue weighted by molar-refractivity contribution is -0.136. The molecule has 3 aromatic carbocycles. The maximum Gasteiger partial charge on any atom is 0.314 e. The first-order valence-electron chi connectivity index (χ1n) is 20.4. The van der Waals surface area contributed by atoms with Crippen LogP contribution in [-0.2, 0) is 31.2 Å². The molecule has 6 nitrogen and oxygen atoms in total.